The summed E-state index contributed by atoms with van der Waals surface area (Å²) in [5.41, 5.74) is 7.11. The molecule has 20 heavy (non-hydrogen) atoms. The van der Waals surface area contributed by atoms with Crippen molar-refractivity contribution in [2.24, 2.45) is 0 Å². The number of rotatable bonds is 4. The van der Waals surface area contributed by atoms with Crippen molar-refractivity contribution in [1.82, 2.24) is 0 Å². The maximum atomic E-state index is 12.0. The van der Waals surface area contributed by atoms with E-state index in [2.05, 4.69) is 0 Å². The number of benzene rings is 2. The van der Waals surface area contributed by atoms with Crippen LogP contribution >= 0.6 is 0 Å². The number of methoxy groups -OCH3 is 1. The Morgan fingerprint density at radius 2 is 1.95 bits per heavy atom. The molecule has 0 fully saturated rings. The van der Waals surface area contributed by atoms with E-state index < -0.39 is 0 Å². The molecule has 0 aliphatic heterocycles. The zero-order chi connectivity index (χ0) is 14.5. The van der Waals surface area contributed by atoms with E-state index in [-0.39, 0.29) is 11.5 Å². The Hall–Kier alpha value is -2.75. The number of ketones is 1. The molecule has 0 radical (unpaired) electrons. The first-order valence-corrected chi connectivity index (χ1v) is 6.06. The van der Waals surface area contributed by atoms with Crippen LogP contribution in [0.2, 0.25) is 0 Å². The summed E-state index contributed by atoms with van der Waals surface area (Å²) in [4.78, 5) is 12.0. The fourth-order valence-corrected chi connectivity index (χ4v) is 1.82. The van der Waals surface area contributed by atoms with E-state index in [1.165, 1.54) is 19.3 Å². The van der Waals surface area contributed by atoms with Crippen LogP contribution in [0.15, 0.2) is 48.5 Å². The van der Waals surface area contributed by atoms with Gasteiger partial charge in [-0.1, -0.05) is 24.3 Å². The quantitative estimate of drug-likeness (QED) is 0.508. The highest BCUT2D eigenvalue weighted by Crippen LogP contribution is 2.30. The lowest BCUT2D eigenvalue weighted by Gasteiger charge is -2.05. The second kappa shape index (κ2) is 5.93. The molecule has 0 aromatic heterocycles. The highest BCUT2D eigenvalue weighted by atomic mass is 16.5. The first-order valence-electron chi connectivity index (χ1n) is 6.06. The monoisotopic (exact) mass is 269 g/mol. The van der Waals surface area contributed by atoms with Crippen LogP contribution in [0.1, 0.15) is 15.9 Å². The maximum absolute atomic E-state index is 12.0. The summed E-state index contributed by atoms with van der Waals surface area (Å²) in [5.74, 6) is 0.143. The molecule has 2 aromatic carbocycles. The smallest absolute Gasteiger partial charge is 0.187 e. The molecule has 2 aromatic rings. The number of nitrogens with two attached hydrogens (primary N) is 1. The summed E-state index contributed by atoms with van der Waals surface area (Å²) in [7, 11) is 1.47. The summed E-state index contributed by atoms with van der Waals surface area (Å²) >= 11 is 0. The van der Waals surface area contributed by atoms with Gasteiger partial charge in [0, 0.05) is 16.8 Å². The molecule has 0 spiro atoms. The van der Waals surface area contributed by atoms with Gasteiger partial charge in [0.1, 0.15) is 0 Å². The first kappa shape index (κ1) is 13.7. The molecule has 0 atom stereocenters. The lowest BCUT2D eigenvalue weighted by Crippen LogP contribution is -1.99. The number of phenolic OH excluding ortho intramolecular Hbond substituents is 1. The number of nitrogen functional groups attached to an aromatic ring is 1. The van der Waals surface area contributed by atoms with E-state index in [0.717, 1.165) is 0 Å². The van der Waals surface area contributed by atoms with Crippen LogP contribution in [0.5, 0.6) is 11.5 Å². The fourth-order valence-electron chi connectivity index (χ4n) is 1.82. The Morgan fingerprint density at radius 3 is 2.65 bits per heavy atom. The van der Waals surface area contributed by atoms with Gasteiger partial charge < -0.3 is 15.6 Å². The molecule has 2 rings (SSSR count). The van der Waals surface area contributed by atoms with E-state index >= 15 is 0 Å². The normalized spacial score (nSPS) is 10.7. The van der Waals surface area contributed by atoms with Crippen LogP contribution in [0.25, 0.3) is 6.08 Å². The van der Waals surface area contributed by atoms with Gasteiger partial charge >= 0.3 is 0 Å². The van der Waals surface area contributed by atoms with Crippen molar-refractivity contribution in [3.63, 3.8) is 0 Å². The molecular formula is C16H15NO3. The predicted octanol–water partition coefficient (Wildman–Crippen LogP) is 2.88. The van der Waals surface area contributed by atoms with Crippen molar-refractivity contribution >= 4 is 17.5 Å². The first-order chi connectivity index (χ1) is 9.63. The highest BCUT2D eigenvalue weighted by molar-refractivity contribution is 6.10. The van der Waals surface area contributed by atoms with E-state index in [1.54, 1.807) is 42.5 Å². The molecule has 4 nitrogen and oxygen atoms in total. The Bertz CT molecular complexity index is 663. The molecule has 0 saturated heterocycles. The highest BCUT2D eigenvalue weighted by Gasteiger charge is 2.07. The SMILES string of the molecule is COc1cccc(/C=C/C(=O)c2ccccc2N)c1O. The molecule has 102 valence electrons. The van der Waals surface area contributed by atoms with Crippen LogP contribution in [-0.4, -0.2) is 18.0 Å². The number of hydrogen-bond donors (Lipinski definition) is 2. The van der Waals surface area contributed by atoms with Gasteiger partial charge in [0.15, 0.2) is 17.3 Å². The van der Waals surface area contributed by atoms with Crippen molar-refractivity contribution in [2.45, 2.75) is 0 Å². The number of allylic oxidation sites excluding steroid dienone is 1. The number of carbonyl (C=O) groups is 1. The minimum Gasteiger partial charge on any atom is -0.504 e. The number of hydrogen-bond acceptors (Lipinski definition) is 4. The van der Waals surface area contributed by atoms with E-state index in [0.29, 0.717) is 22.6 Å². The van der Waals surface area contributed by atoms with Crippen LogP contribution in [0.4, 0.5) is 5.69 Å². The third-order valence-electron chi connectivity index (χ3n) is 2.89. The van der Waals surface area contributed by atoms with Crippen LogP contribution in [0, 0.1) is 0 Å². The van der Waals surface area contributed by atoms with Gasteiger partial charge in [-0.15, -0.1) is 0 Å². The molecule has 0 aliphatic rings. The molecule has 0 aliphatic carbocycles. The summed E-state index contributed by atoms with van der Waals surface area (Å²) in [6, 6.07) is 11.9. The van der Waals surface area contributed by atoms with Crippen molar-refractivity contribution in [3.8, 4) is 11.5 Å². The molecule has 0 bridgehead atoms. The summed E-state index contributed by atoms with van der Waals surface area (Å²) in [6.07, 6.45) is 2.91. The lowest BCUT2D eigenvalue weighted by atomic mass is 10.1. The molecule has 3 N–H and O–H groups in total. The van der Waals surface area contributed by atoms with Crippen molar-refractivity contribution in [3.05, 3.63) is 59.7 Å². The van der Waals surface area contributed by atoms with E-state index in [1.807, 2.05) is 0 Å². The number of para-hydroxylation sites is 2. The molecular weight excluding hydrogens is 254 g/mol. The Kier molecular flexibility index (Phi) is 4.05. The Balaban J connectivity index is 2.26. The molecule has 0 heterocycles. The molecule has 4 heteroatoms. The average molecular weight is 269 g/mol. The second-order valence-corrected chi connectivity index (χ2v) is 4.18. The zero-order valence-corrected chi connectivity index (χ0v) is 11.0. The van der Waals surface area contributed by atoms with Crippen molar-refractivity contribution in [1.29, 1.82) is 0 Å². The Labute approximate surface area is 117 Å². The van der Waals surface area contributed by atoms with Gasteiger partial charge in [-0.2, -0.15) is 0 Å². The zero-order valence-electron chi connectivity index (χ0n) is 11.0. The Morgan fingerprint density at radius 1 is 1.20 bits per heavy atom. The third-order valence-corrected chi connectivity index (χ3v) is 2.89. The van der Waals surface area contributed by atoms with Gasteiger partial charge in [-0.3, -0.25) is 4.79 Å². The standard InChI is InChI=1S/C16H15NO3/c1-20-15-8-4-5-11(16(15)19)9-10-14(18)12-6-2-3-7-13(12)17/h2-10,19H,17H2,1H3/b10-9+. The van der Waals surface area contributed by atoms with Crippen LogP contribution in [-0.2, 0) is 0 Å². The summed E-state index contributed by atoms with van der Waals surface area (Å²) in [5, 5.41) is 9.91. The van der Waals surface area contributed by atoms with Gasteiger partial charge in [0.05, 0.1) is 7.11 Å². The minimum absolute atomic E-state index is 0.0000774. The topological polar surface area (TPSA) is 72.5 Å². The molecule has 0 unspecified atom stereocenters. The number of ether oxygens (including phenoxy) is 1. The van der Waals surface area contributed by atoms with Gasteiger partial charge in [-0.25, -0.2) is 0 Å². The largest absolute Gasteiger partial charge is 0.504 e. The number of aromatic hydroxyl groups is 1. The maximum Gasteiger partial charge on any atom is 0.187 e. The van der Waals surface area contributed by atoms with Crippen molar-refractivity contribution in [2.75, 3.05) is 12.8 Å². The second-order valence-electron chi connectivity index (χ2n) is 4.18. The predicted molar refractivity (Wildman–Crippen MR) is 78.9 cm³/mol. The molecule has 0 amide bonds. The fraction of sp³-hybridized carbons (Fsp3) is 0.0625. The third kappa shape index (κ3) is 2.80. The summed E-state index contributed by atoms with van der Waals surface area (Å²) in [6.45, 7) is 0. The number of carbonyl (C=O) groups excluding carboxylic acids is 1. The average Bonchev–Trinajstić information content (AvgIpc) is 2.46. The van der Waals surface area contributed by atoms with Crippen LogP contribution < -0.4 is 10.5 Å². The van der Waals surface area contributed by atoms with Crippen molar-refractivity contribution < 1.29 is 14.6 Å². The van der Waals surface area contributed by atoms with Gasteiger partial charge in [-0.05, 0) is 30.4 Å². The van der Waals surface area contributed by atoms with Gasteiger partial charge in [0.25, 0.3) is 0 Å². The van der Waals surface area contributed by atoms with Crippen LogP contribution in [0.3, 0.4) is 0 Å². The molecule has 0 saturated carbocycles. The van der Waals surface area contributed by atoms with E-state index in [9.17, 15) is 9.90 Å². The van der Waals surface area contributed by atoms with E-state index in [4.69, 9.17) is 10.5 Å². The van der Waals surface area contributed by atoms with Gasteiger partial charge in [0.2, 0.25) is 0 Å². The number of phenols is 1. The summed E-state index contributed by atoms with van der Waals surface area (Å²) < 4.78 is 5.01. The minimum atomic E-state index is -0.217. The lowest BCUT2D eigenvalue weighted by molar-refractivity contribution is 0.104. The number of anilines is 1.